The van der Waals surface area contributed by atoms with E-state index in [4.69, 9.17) is 0 Å². The maximum absolute atomic E-state index is 12.3. The molecule has 0 spiro atoms. The second kappa shape index (κ2) is 5.69. The SMILES string of the molecule is Cc1cc(CC(C)(C)C)ccc1-c1cc(=O)c2ccccc2[nH]1. The van der Waals surface area contributed by atoms with Gasteiger partial charge >= 0.3 is 0 Å². The van der Waals surface area contributed by atoms with Gasteiger partial charge in [-0.05, 0) is 42.0 Å². The zero-order valence-electron chi connectivity index (χ0n) is 14.2. The molecule has 0 aliphatic heterocycles. The maximum atomic E-state index is 12.3. The number of benzene rings is 2. The highest BCUT2D eigenvalue weighted by Gasteiger charge is 2.13. The molecule has 0 unspecified atom stereocenters. The summed E-state index contributed by atoms with van der Waals surface area (Å²) in [6, 6.07) is 15.9. The van der Waals surface area contributed by atoms with Crippen molar-refractivity contribution in [3.8, 4) is 11.3 Å². The largest absolute Gasteiger partial charge is 0.354 e. The summed E-state index contributed by atoms with van der Waals surface area (Å²) in [5.41, 5.74) is 5.71. The summed E-state index contributed by atoms with van der Waals surface area (Å²) in [6.45, 7) is 8.85. The topological polar surface area (TPSA) is 32.9 Å². The first kappa shape index (κ1) is 15.5. The second-order valence-corrected chi connectivity index (χ2v) is 7.48. The molecule has 0 aliphatic carbocycles. The number of para-hydroxylation sites is 1. The molecular weight excluding hydrogens is 282 g/mol. The molecular formula is C21H23NO. The first-order valence-electron chi connectivity index (χ1n) is 8.05. The van der Waals surface area contributed by atoms with Crippen LogP contribution in [0.4, 0.5) is 0 Å². The number of hydrogen-bond donors (Lipinski definition) is 1. The van der Waals surface area contributed by atoms with E-state index in [0.717, 1.165) is 28.6 Å². The van der Waals surface area contributed by atoms with E-state index in [9.17, 15) is 4.79 Å². The number of nitrogens with one attached hydrogen (secondary N) is 1. The van der Waals surface area contributed by atoms with Crippen molar-refractivity contribution in [2.75, 3.05) is 0 Å². The average Bonchev–Trinajstić information content (AvgIpc) is 2.45. The molecule has 118 valence electrons. The van der Waals surface area contributed by atoms with E-state index in [1.54, 1.807) is 6.07 Å². The number of hydrogen-bond acceptors (Lipinski definition) is 1. The van der Waals surface area contributed by atoms with E-state index in [1.165, 1.54) is 11.1 Å². The normalized spacial score (nSPS) is 11.8. The summed E-state index contributed by atoms with van der Waals surface area (Å²) < 4.78 is 0. The lowest BCUT2D eigenvalue weighted by molar-refractivity contribution is 0.411. The Morgan fingerprint density at radius 1 is 1.00 bits per heavy atom. The molecule has 0 fully saturated rings. The van der Waals surface area contributed by atoms with Gasteiger partial charge in [0, 0.05) is 28.2 Å². The zero-order chi connectivity index (χ0) is 16.6. The van der Waals surface area contributed by atoms with Crippen LogP contribution in [0.3, 0.4) is 0 Å². The van der Waals surface area contributed by atoms with Crippen LogP contribution in [0.25, 0.3) is 22.2 Å². The highest BCUT2D eigenvalue weighted by Crippen LogP contribution is 2.26. The smallest absolute Gasteiger partial charge is 0.190 e. The van der Waals surface area contributed by atoms with E-state index in [-0.39, 0.29) is 10.8 Å². The fourth-order valence-electron chi connectivity index (χ4n) is 3.09. The molecule has 3 rings (SSSR count). The lowest BCUT2D eigenvalue weighted by Crippen LogP contribution is -2.09. The van der Waals surface area contributed by atoms with Crippen LogP contribution < -0.4 is 5.43 Å². The Balaban J connectivity index is 2.07. The molecule has 0 atom stereocenters. The molecule has 3 aromatic rings. The van der Waals surface area contributed by atoms with Crippen molar-refractivity contribution in [3.63, 3.8) is 0 Å². The van der Waals surface area contributed by atoms with Crippen LogP contribution >= 0.6 is 0 Å². The number of aryl methyl sites for hydroxylation is 1. The van der Waals surface area contributed by atoms with Crippen LogP contribution in [-0.4, -0.2) is 4.98 Å². The molecule has 2 aromatic carbocycles. The van der Waals surface area contributed by atoms with Gasteiger partial charge in [-0.25, -0.2) is 0 Å². The predicted molar refractivity (Wildman–Crippen MR) is 97.9 cm³/mol. The average molecular weight is 305 g/mol. The standard InChI is InChI=1S/C21H23NO/c1-14-11-15(13-21(2,3)4)9-10-16(14)19-12-20(23)17-7-5-6-8-18(17)22-19/h5-12H,13H2,1-4H3,(H,22,23). The van der Waals surface area contributed by atoms with E-state index in [1.807, 2.05) is 24.3 Å². The highest BCUT2D eigenvalue weighted by atomic mass is 16.1. The molecule has 0 amide bonds. The third-order valence-corrected chi connectivity index (χ3v) is 4.05. The molecule has 0 saturated heterocycles. The van der Waals surface area contributed by atoms with Gasteiger partial charge in [-0.15, -0.1) is 0 Å². The Hall–Kier alpha value is -2.35. The molecule has 1 heterocycles. The third-order valence-electron chi connectivity index (χ3n) is 4.05. The van der Waals surface area contributed by atoms with Crippen molar-refractivity contribution in [2.45, 2.75) is 34.1 Å². The summed E-state index contributed by atoms with van der Waals surface area (Å²) in [6.07, 6.45) is 1.04. The molecule has 23 heavy (non-hydrogen) atoms. The van der Waals surface area contributed by atoms with E-state index in [2.05, 4.69) is 50.9 Å². The Bertz CT molecular complexity index is 913. The van der Waals surface area contributed by atoms with Gasteiger partial charge < -0.3 is 4.98 Å². The zero-order valence-corrected chi connectivity index (χ0v) is 14.2. The first-order chi connectivity index (χ1) is 10.8. The van der Waals surface area contributed by atoms with Crippen molar-refractivity contribution >= 4 is 10.9 Å². The number of H-pyrrole nitrogens is 1. The van der Waals surface area contributed by atoms with Crippen molar-refractivity contribution in [1.82, 2.24) is 4.98 Å². The van der Waals surface area contributed by atoms with Gasteiger partial charge in [0.1, 0.15) is 0 Å². The van der Waals surface area contributed by atoms with Gasteiger partial charge in [0.2, 0.25) is 0 Å². The van der Waals surface area contributed by atoms with E-state index < -0.39 is 0 Å². The van der Waals surface area contributed by atoms with Gasteiger partial charge in [0.05, 0.1) is 0 Å². The number of aromatic nitrogens is 1. The highest BCUT2D eigenvalue weighted by molar-refractivity contribution is 5.81. The summed E-state index contributed by atoms with van der Waals surface area (Å²) in [7, 11) is 0. The lowest BCUT2D eigenvalue weighted by atomic mass is 9.87. The van der Waals surface area contributed by atoms with Crippen molar-refractivity contribution in [3.05, 3.63) is 69.9 Å². The molecule has 1 aromatic heterocycles. The summed E-state index contributed by atoms with van der Waals surface area (Å²) >= 11 is 0. The molecule has 0 radical (unpaired) electrons. The molecule has 2 nitrogen and oxygen atoms in total. The van der Waals surface area contributed by atoms with Crippen LogP contribution in [0.1, 0.15) is 31.9 Å². The maximum Gasteiger partial charge on any atom is 0.190 e. The van der Waals surface area contributed by atoms with Crippen molar-refractivity contribution < 1.29 is 0 Å². The van der Waals surface area contributed by atoms with Crippen molar-refractivity contribution in [1.29, 1.82) is 0 Å². The van der Waals surface area contributed by atoms with Crippen LogP contribution in [-0.2, 0) is 6.42 Å². The Labute approximate surface area is 137 Å². The summed E-state index contributed by atoms with van der Waals surface area (Å²) in [5, 5.41) is 0.734. The Morgan fingerprint density at radius 3 is 2.43 bits per heavy atom. The molecule has 1 N–H and O–H groups in total. The van der Waals surface area contributed by atoms with Gasteiger partial charge in [-0.1, -0.05) is 51.1 Å². The predicted octanol–water partition coefficient (Wildman–Crippen LogP) is 5.09. The molecule has 0 bridgehead atoms. The Kier molecular flexibility index (Phi) is 3.85. The second-order valence-electron chi connectivity index (χ2n) is 7.48. The van der Waals surface area contributed by atoms with Gasteiger partial charge in [-0.3, -0.25) is 4.79 Å². The van der Waals surface area contributed by atoms with Gasteiger partial charge in [-0.2, -0.15) is 0 Å². The fraction of sp³-hybridized carbons (Fsp3) is 0.286. The number of rotatable bonds is 2. The molecule has 0 saturated carbocycles. The van der Waals surface area contributed by atoms with Crippen LogP contribution in [0.2, 0.25) is 0 Å². The summed E-state index contributed by atoms with van der Waals surface area (Å²) in [5.74, 6) is 0. The first-order valence-corrected chi connectivity index (χ1v) is 8.05. The number of fused-ring (bicyclic) bond motifs is 1. The number of aromatic amines is 1. The minimum absolute atomic E-state index is 0.0625. The molecule has 2 heteroatoms. The van der Waals surface area contributed by atoms with Crippen LogP contribution in [0, 0.1) is 12.3 Å². The van der Waals surface area contributed by atoms with Crippen LogP contribution in [0.15, 0.2) is 53.3 Å². The minimum atomic E-state index is 0.0625. The molecule has 0 aliphatic rings. The van der Waals surface area contributed by atoms with Crippen molar-refractivity contribution in [2.24, 2.45) is 5.41 Å². The lowest BCUT2D eigenvalue weighted by Gasteiger charge is -2.19. The minimum Gasteiger partial charge on any atom is -0.354 e. The quantitative estimate of drug-likeness (QED) is 0.702. The van der Waals surface area contributed by atoms with Gasteiger partial charge in [0.15, 0.2) is 5.43 Å². The number of pyridine rings is 1. The Morgan fingerprint density at radius 2 is 1.74 bits per heavy atom. The third kappa shape index (κ3) is 3.37. The summed E-state index contributed by atoms with van der Waals surface area (Å²) in [4.78, 5) is 15.7. The van der Waals surface area contributed by atoms with E-state index in [0.29, 0.717) is 0 Å². The van der Waals surface area contributed by atoms with Gasteiger partial charge in [0.25, 0.3) is 0 Å². The van der Waals surface area contributed by atoms with E-state index >= 15 is 0 Å². The van der Waals surface area contributed by atoms with Crippen LogP contribution in [0.5, 0.6) is 0 Å². The fourth-order valence-corrected chi connectivity index (χ4v) is 3.09. The monoisotopic (exact) mass is 305 g/mol.